The van der Waals surface area contributed by atoms with E-state index >= 15 is 0 Å². The van der Waals surface area contributed by atoms with Gasteiger partial charge < -0.3 is 15.1 Å². The van der Waals surface area contributed by atoms with Crippen LogP contribution >= 0.6 is 0 Å². The maximum Gasteiger partial charge on any atom is 0.239 e. The second-order valence-corrected chi connectivity index (χ2v) is 7.19. The smallest absolute Gasteiger partial charge is 0.239 e. The minimum atomic E-state index is -0.529. The lowest BCUT2D eigenvalue weighted by Crippen LogP contribution is -2.58. The number of rotatable bonds is 2. The molecule has 3 rings (SSSR count). The molecule has 1 aromatic rings. The van der Waals surface area contributed by atoms with Crippen molar-refractivity contribution < 1.29 is 9.59 Å². The van der Waals surface area contributed by atoms with Crippen LogP contribution < -0.4 is 10.2 Å². The fraction of sp³-hybridized carbons (Fsp3) is 0.579. The Morgan fingerprint density at radius 2 is 1.79 bits per heavy atom. The van der Waals surface area contributed by atoms with Gasteiger partial charge in [-0.2, -0.15) is 0 Å². The average Bonchev–Trinajstić information content (AvgIpc) is 2.90. The quantitative estimate of drug-likeness (QED) is 0.843. The molecule has 0 saturated carbocycles. The molecule has 2 aliphatic rings. The number of hydrogen-bond donors (Lipinski definition) is 1. The Bertz CT molecular complexity index is 638. The highest BCUT2D eigenvalue weighted by Gasteiger charge is 2.42. The van der Waals surface area contributed by atoms with Crippen LogP contribution in [0.25, 0.3) is 0 Å². The number of nitrogens with one attached hydrogen (secondary N) is 1. The molecule has 2 heterocycles. The van der Waals surface area contributed by atoms with Crippen molar-refractivity contribution in [3.8, 4) is 0 Å². The fourth-order valence-electron chi connectivity index (χ4n) is 3.84. The number of carbonyl (C=O) groups excluding carboxylic acids is 2. The molecule has 3 atom stereocenters. The summed E-state index contributed by atoms with van der Waals surface area (Å²) in [6.07, 6.45) is 0.607. The first-order chi connectivity index (χ1) is 11.4. The Morgan fingerprint density at radius 1 is 1.12 bits per heavy atom. The van der Waals surface area contributed by atoms with E-state index in [0.717, 1.165) is 23.4 Å². The van der Waals surface area contributed by atoms with Crippen LogP contribution in [0.3, 0.4) is 0 Å². The molecule has 2 aliphatic heterocycles. The Kier molecular flexibility index (Phi) is 4.63. The first-order valence-corrected chi connectivity index (χ1v) is 8.82. The Labute approximate surface area is 144 Å². The molecule has 24 heavy (non-hydrogen) atoms. The Morgan fingerprint density at radius 3 is 2.46 bits per heavy atom. The second kappa shape index (κ2) is 6.55. The highest BCUT2D eigenvalue weighted by molar-refractivity contribution is 6.09. The summed E-state index contributed by atoms with van der Waals surface area (Å²) in [5.74, 6) is -0.588. The summed E-state index contributed by atoms with van der Waals surface area (Å²) in [4.78, 5) is 29.5. The summed E-state index contributed by atoms with van der Waals surface area (Å²) >= 11 is 0. The monoisotopic (exact) mass is 329 g/mol. The third kappa shape index (κ3) is 3.05. The lowest BCUT2D eigenvalue weighted by molar-refractivity contribution is -0.142. The number of carbonyl (C=O) groups is 2. The van der Waals surface area contributed by atoms with Gasteiger partial charge in [0.1, 0.15) is 5.92 Å². The SMILES string of the molecule is Cc1cc(C)cc(N2CCC(C(=O)N3CCNC(C)C3C)C2=O)c1. The van der Waals surface area contributed by atoms with Crippen molar-refractivity contribution in [2.75, 3.05) is 24.5 Å². The fourth-order valence-corrected chi connectivity index (χ4v) is 3.84. The first kappa shape index (κ1) is 17.0. The van der Waals surface area contributed by atoms with Crippen LogP contribution in [0.2, 0.25) is 0 Å². The van der Waals surface area contributed by atoms with E-state index in [9.17, 15) is 9.59 Å². The molecule has 5 nitrogen and oxygen atoms in total. The number of nitrogens with zero attached hydrogens (tertiary/aromatic N) is 2. The van der Waals surface area contributed by atoms with Gasteiger partial charge in [-0.1, -0.05) is 6.07 Å². The van der Waals surface area contributed by atoms with Gasteiger partial charge in [-0.3, -0.25) is 9.59 Å². The third-order valence-corrected chi connectivity index (χ3v) is 5.34. The maximum absolute atomic E-state index is 12.9. The molecule has 2 amide bonds. The maximum atomic E-state index is 12.9. The molecule has 5 heteroatoms. The van der Waals surface area contributed by atoms with Crippen molar-refractivity contribution in [3.63, 3.8) is 0 Å². The Balaban J connectivity index is 1.77. The van der Waals surface area contributed by atoms with Gasteiger partial charge in [-0.05, 0) is 57.4 Å². The highest BCUT2D eigenvalue weighted by atomic mass is 16.2. The van der Waals surface area contributed by atoms with Crippen LogP contribution in [-0.4, -0.2) is 48.4 Å². The van der Waals surface area contributed by atoms with Crippen molar-refractivity contribution in [3.05, 3.63) is 29.3 Å². The van der Waals surface area contributed by atoms with Gasteiger partial charge in [-0.15, -0.1) is 0 Å². The molecule has 1 aromatic carbocycles. The van der Waals surface area contributed by atoms with Crippen molar-refractivity contribution >= 4 is 17.5 Å². The van der Waals surface area contributed by atoms with Gasteiger partial charge >= 0.3 is 0 Å². The van der Waals surface area contributed by atoms with Crippen LogP contribution in [0.5, 0.6) is 0 Å². The van der Waals surface area contributed by atoms with Crippen molar-refractivity contribution in [2.45, 2.75) is 46.2 Å². The van der Waals surface area contributed by atoms with Gasteiger partial charge in [0, 0.05) is 37.4 Å². The van der Waals surface area contributed by atoms with Crippen molar-refractivity contribution in [2.24, 2.45) is 5.92 Å². The molecule has 0 aromatic heterocycles. The van der Waals surface area contributed by atoms with Gasteiger partial charge in [-0.25, -0.2) is 0 Å². The largest absolute Gasteiger partial charge is 0.336 e. The van der Waals surface area contributed by atoms with Crippen molar-refractivity contribution in [1.82, 2.24) is 10.2 Å². The van der Waals surface area contributed by atoms with Gasteiger partial charge in [0.2, 0.25) is 11.8 Å². The molecule has 1 N–H and O–H groups in total. The predicted octanol–water partition coefficient (Wildman–Crippen LogP) is 1.87. The number of piperazine rings is 1. The molecule has 130 valence electrons. The summed E-state index contributed by atoms with van der Waals surface area (Å²) in [6.45, 7) is 10.3. The van der Waals surface area contributed by atoms with E-state index in [1.165, 1.54) is 0 Å². The van der Waals surface area contributed by atoms with E-state index < -0.39 is 5.92 Å². The van der Waals surface area contributed by atoms with Crippen LogP contribution in [0, 0.1) is 19.8 Å². The van der Waals surface area contributed by atoms with Crippen LogP contribution in [-0.2, 0) is 9.59 Å². The van der Waals surface area contributed by atoms with E-state index in [0.29, 0.717) is 19.5 Å². The standard InChI is InChI=1S/C19H27N3O2/c1-12-9-13(2)11-16(10-12)22-7-5-17(19(22)24)18(23)21-8-6-20-14(3)15(21)4/h9-11,14-15,17,20H,5-8H2,1-4H3. The zero-order valence-electron chi connectivity index (χ0n) is 15.0. The van der Waals surface area contributed by atoms with Crippen LogP contribution in [0.4, 0.5) is 5.69 Å². The second-order valence-electron chi connectivity index (χ2n) is 7.19. The number of amides is 2. The summed E-state index contributed by atoms with van der Waals surface area (Å²) in [6, 6.07) is 6.51. The van der Waals surface area contributed by atoms with E-state index in [-0.39, 0.29) is 23.9 Å². The van der Waals surface area contributed by atoms with Gasteiger partial charge in [0.05, 0.1) is 0 Å². The summed E-state index contributed by atoms with van der Waals surface area (Å²) in [5.41, 5.74) is 3.18. The summed E-state index contributed by atoms with van der Waals surface area (Å²) in [7, 11) is 0. The van der Waals surface area contributed by atoms with Crippen LogP contribution in [0.15, 0.2) is 18.2 Å². The minimum Gasteiger partial charge on any atom is -0.336 e. The lowest BCUT2D eigenvalue weighted by atomic mass is 10.0. The zero-order chi connectivity index (χ0) is 17.4. The number of aryl methyl sites for hydroxylation is 2. The topological polar surface area (TPSA) is 52.7 Å². The van der Waals surface area contributed by atoms with Crippen LogP contribution in [0.1, 0.15) is 31.4 Å². The molecule has 2 saturated heterocycles. The van der Waals surface area contributed by atoms with E-state index in [1.54, 1.807) is 4.90 Å². The summed E-state index contributed by atoms with van der Waals surface area (Å²) < 4.78 is 0. The molecule has 3 unspecified atom stereocenters. The average molecular weight is 329 g/mol. The van der Waals surface area contributed by atoms with Gasteiger partial charge in [0.25, 0.3) is 0 Å². The van der Waals surface area contributed by atoms with Crippen molar-refractivity contribution in [1.29, 1.82) is 0 Å². The zero-order valence-corrected chi connectivity index (χ0v) is 15.0. The molecule has 0 spiro atoms. The normalized spacial score (nSPS) is 27.7. The molecule has 0 bridgehead atoms. The molecule has 0 aliphatic carbocycles. The highest BCUT2D eigenvalue weighted by Crippen LogP contribution is 2.29. The summed E-state index contributed by atoms with van der Waals surface area (Å²) in [5, 5.41) is 3.38. The number of anilines is 1. The van der Waals surface area contributed by atoms with E-state index in [2.05, 4.69) is 25.2 Å². The Hall–Kier alpha value is -1.88. The predicted molar refractivity (Wildman–Crippen MR) is 95.0 cm³/mol. The number of benzene rings is 1. The van der Waals surface area contributed by atoms with Gasteiger partial charge in [0.15, 0.2) is 0 Å². The number of hydrogen-bond acceptors (Lipinski definition) is 3. The molecular weight excluding hydrogens is 302 g/mol. The lowest BCUT2D eigenvalue weighted by Gasteiger charge is -2.39. The third-order valence-electron chi connectivity index (χ3n) is 5.34. The molecule has 2 fully saturated rings. The van der Waals surface area contributed by atoms with E-state index in [1.807, 2.05) is 30.9 Å². The molecule has 0 radical (unpaired) electrons. The first-order valence-electron chi connectivity index (χ1n) is 8.82. The van der Waals surface area contributed by atoms with E-state index in [4.69, 9.17) is 0 Å². The molecular formula is C19H27N3O2. The minimum absolute atomic E-state index is 0.00674.